The van der Waals surface area contributed by atoms with Crippen molar-refractivity contribution >= 4 is 0 Å². The number of aliphatic hydroxyl groups excluding tert-OH is 1. The highest BCUT2D eigenvalue weighted by Crippen LogP contribution is 2.44. The molecule has 0 saturated heterocycles. The van der Waals surface area contributed by atoms with Gasteiger partial charge in [0.25, 0.3) is 0 Å². The van der Waals surface area contributed by atoms with Gasteiger partial charge >= 0.3 is 18.1 Å². The Labute approximate surface area is 150 Å². The maximum absolute atomic E-state index is 12.9. The summed E-state index contributed by atoms with van der Waals surface area (Å²) in [5, 5.41) is 17.4. The minimum atomic E-state index is -6.12. The average molecular weight is 408 g/mol. The molecule has 0 radical (unpaired) electrons. The maximum atomic E-state index is 12.9. The van der Waals surface area contributed by atoms with Crippen LogP contribution in [-0.2, 0) is 9.47 Å². The van der Waals surface area contributed by atoms with E-state index in [1.165, 1.54) is 7.11 Å². The molecule has 0 bridgehead atoms. The minimum absolute atomic E-state index is 0.224. The molecule has 0 amide bonds. The first-order chi connectivity index (χ1) is 12.4. The number of benzene rings is 1. The monoisotopic (exact) mass is 408 g/mol. The van der Waals surface area contributed by atoms with Crippen molar-refractivity contribution < 1.29 is 55.5 Å². The Morgan fingerprint density at radius 2 is 1.48 bits per heavy atom. The predicted octanol–water partition coefficient (Wildman–Crippen LogP) is 2.28. The SMILES string of the molecule is COc1ccc(OCC(O)COCCOC(F)(F)C(F)(F)C(O)(F)F)cc1. The first-order valence-corrected chi connectivity index (χ1v) is 7.43. The standard InChI is InChI=1S/C15H18F6O6/c1-24-11-2-4-12(5-3-11)26-9-10(22)8-25-6-7-27-15(20,21)13(16,17)14(18,19)23/h2-5,10,22-23H,6-9H2,1H3. The Bertz CT molecular complexity index is 563. The molecule has 0 heterocycles. The Kier molecular flexibility index (Phi) is 8.14. The smallest absolute Gasteiger partial charge is 0.428 e. The summed E-state index contributed by atoms with van der Waals surface area (Å²) >= 11 is 0. The average Bonchev–Trinajstić information content (AvgIpc) is 2.58. The van der Waals surface area contributed by atoms with Gasteiger partial charge in [-0.3, -0.25) is 0 Å². The Morgan fingerprint density at radius 3 is 2.00 bits per heavy atom. The summed E-state index contributed by atoms with van der Waals surface area (Å²) in [5.74, 6) is -5.12. The van der Waals surface area contributed by atoms with Crippen molar-refractivity contribution in [1.82, 2.24) is 0 Å². The van der Waals surface area contributed by atoms with E-state index in [0.29, 0.717) is 11.5 Å². The lowest BCUT2D eigenvalue weighted by atomic mass is 10.3. The van der Waals surface area contributed by atoms with Gasteiger partial charge < -0.3 is 29.2 Å². The maximum Gasteiger partial charge on any atom is 0.428 e. The van der Waals surface area contributed by atoms with Crippen molar-refractivity contribution in [3.63, 3.8) is 0 Å². The van der Waals surface area contributed by atoms with E-state index in [0.717, 1.165) is 0 Å². The normalized spacial score (nSPS) is 14.1. The van der Waals surface area contributed by atoms with Gasteiger partial charge in [-0.25, -0.2) is 0 Å². The quantitative estimate of drug-likeness (QED) is 0.408. The van der Waals surface area contributed by atoms with E-state index in [1.54, 1.807) is 24.3 Å². The summed E-state index contributed by atoms with van der Waals surface area (Å²) in [4.78, 5) is 0. The molecule has 0 aliphatic heterocycles. The highest BCUT2D eigenvalue weighted by molar-refractivity contribution is 5.31. The molecule has 1 atom stereocenters. The van der Waals surface area contributed by atoms with Crippen LogP contribution in [0, 0.1) is 0 Å². The van der Waals surface area contributed by atoms with Crippen LogP contribution in [0.25, 0.3) is 0 Å². The molecule has 1 aromatic rings. The molecular formula is C15H18F6O6. The van der Waals surface area contributed by atoms with Crippen LogP contribution in [0.4, 0.5) is 26.3 Å². The van der Waals surface area contributed by atoms with Gasteiger partial charge in [-0.05, 0) is 24.3 Å². The number of halogens is 6. The van der Waals surface area contributed by atoms with E-state index in [4.69, 9.17) is 19.3 Å². The van der Waals surface area contributed by atoms with Crippen molar-refractivity contribution in [2.45, 2.75) is 24.2 Å². The Balaban J connectivity index is 2.27. The zero-order chi connectivity index (χ0) is 20.7. The van der Waals surface area contributed by atoms with Gasteiger partial charge in [0.15, 0.2) is 0 Å². The van der Waals surface area contributed by atoms with E-state index in [2.05, 4.69) is 4.74 Å². The van der Waals surface area contributed by atoms with E-state index >= 15 is 0 Å². The van der Waals surface area contributed by atoms with Crippen molar-refractivity contribution in [1.29, 1.82) is 0 Å². The molecule has 0 fully saturated rings. The first-order valence-electron chi connectivity index (χ1n) is 7.43. The van der Waals surface area contributed by atoms with Gasteiger partial charge in [0.2, 0.25) is 0 Å². The van der Waals surface area contributed by atoms with Gasteiger partial charge in [0.05, 0.1) is 26.9 Å². The lowest BCUT2D eigenvalue weighted by Crippen LogP contribution is -2.55. The van der Waals surface area contributed by atoms with Crippen LogP contribution < -0.4 is 9.47 Å². The second kappa shape index (κ2) is 9.44. The van der Waals surface area contributed by atoms with Crippen LogP contribution in [0.15, 0.2) is 24.3 Å². The highest BCUT2D eigenvalue weighted by Gasteiger charge is 2.73. The summed E-state index contributed by atoms with van der Waals surface area (Å²) < 4.78 is 93.6. The fraction of sp³-hybridized carbons (Fsp3) is 0.600. The third-order valence-corrected chi connectivity index (χ3v) is 3.07. The van der Waals surface area contributed by atoms with E-state index in [1.807, 2.05) is 0 Å². The minimum Gasteiger partial charge on any atom is -0.497 e. The molecule has 0 aliphatic rings. The van der Waals surface area contributed by atoms with E-state index in [-0.39, 0.29) is 6.61 Å². The number of hydrogen-bond donors (Lipinski definition) is 2. The number of methoxy groups -OCH3 is 1. The highest BCUT2D eigenvalue weighted by atomic mass is 19.4. The molecule has 1 aromatic carbocycles. The van der Waals surface area contributed by atoms with Gasteiger partial charge in [0, 0.05) is 0 Å². The number of ether oxygens (including phenoxy) is 4. The molecule has 1 rings (SSSR count). The zero-order valence-corrected chi connectivity index (χ0v) is 14.0. The largest absolute Gasteiger partial charge is 0.497 e. The molecule has 27 heavy (non-hydrogen) atoms. The topological polar surface area (TPSA) is 77.4 Å². The summed E-state index contributed by atoms with van der Waals surface area (Å²) in [5.41, 5.74) is 0. The van der Waals surface area contributed by atoms with Crippen molar-refractivity contribution in [3.8, 4) is 11.5 Å². The fourth-order valence-corrected chi connectivity index (χ4v) is 1.63. The van der Waals surface area contributed by atoms with E-state index < -0.39 is 44.1 Å². The van der Waals surface area contributed by atoms with Crippen LogP contribution in [0.3, 0.4) is 0 Å². The van der Waals surface area contributed by atoms with Gasteiger partial charge in [-0.15, -0.1) is 0 Å². The molecule has 0 spiro atoms. The molecule has 2 N–H and O–H groups in total. The molecular weight excluding hydrogens is 390 g/mol. The van der Waals surface area contributed by atoms with Crippen LogP contribution in [0.2, 0.25) is 0 Å². The van der Waals surface area contributed by atoms with Crippen LogP contribution in [-0.4, -0.2) is 68.0 Å². The second-order valence-electron chi connectivity index (χ2n) is 5.20. The van der Waals surface area contributed by atoms with Gasteiger partial charge in [-0.2, -0.15) is 26.3 Å². The Hall–Kier alpha value is -1.76. The van der Waals surface area contributed by atoms with Gasteiger partial charge in [-0.1, -0.05) is 0 Å². The first kappa shape index (κ1) is 23.3. The van der Waals surface area contributed by atoms with Crippen molar-refractivity contribution in [3.05, 3.63) is 24.3 Å². The lowest BCUT2D eigenvalue weighted by Gasteiger charge is -2.28. The third kappa shape index (κ3) is 6.72. The summed E-state index contributed by atoms with van der Waals surface area (Å²) in [6.07, 6.45) is -12.8. The zero-order valence-electron chi connectivity index (χ0n) is 14.0. The van der Waals surface area contributed by atoms with Gasteiger partial charge in [0.1, 0.15) is 24.2 Å². The summed E-state index contributed by atoms with van der Waals surface area (Å²) in [6, 6.07) is 6.36. The molecule has 0 saturated carbocycles. The number of alkyl halides is 6. The van der Waals surface area contributed by atoms with Crippen LogP contribution >= 0.6 is 0 Å². The third-order valence-electron chi connectivity index (χ3n) is 3.07. The Morgan fingerprint density at radius 1 is 0.926 bits per heavy atom. The van der Waals surface area contributed by atoms with Crippen LogP contribution in [0.5, 0.6) is 11.5 Å². The number of hydrogen-bond acceptors (Lipinski definition) is 6. The second-order valence-corrected chi connectivity index (χ2v) is 5.20. The fourth-order valence-electron chi connectivity index (χ4n) is 1.63. The molecule has 1 unspecified atom stereocenters. The van der Waals surface area contributed by atoms with Crippen LogP contribution in [0.1, 0.15) is 0 Å². The molecule has 0 aliphatic carbocycles. The summed E-state index contributed by atoms with van der Waals surface area (Å²) in [7, 11) is 1.48. The molecule has 0 aromatic heterocycles. The van der Waals surface area contributed by atoms with Crippen molar-refractivity contribution in [2.24, 2.45) is 0 Å². The van der Waals surface area contributed by atoms with Crippen molar-refractivity contribution in [2.75, 3.05) is 33.5 Å². The molecule has 156 valence electrons. The molecule has 12 heteroatoms. The lowest BCUT2D eigenvalue weighted by molar-refractivity contribution is -0.442. The number of rotatable bonds is 12. The number of aliphatic hydroxyl groups is 2. The predicted molar refractivity (Wildman–Crippen MR) is 78.3 cm³/mol. The molecule has 6 nitrogen and oxygen atoms in total. The summed E-state index contributed by atoms with van der Waals surface area (Å²) in [6.45, 7) is -2.54. The van der Waals surface area contributed by atoms with E-state index in [9.17, 15) is 31.4 Å².